The van der Waals surface area contributed by atoms with Crippen LogP contribution in [0.3, 0.4) is 0 Å². The van der Waals surface area contributed by atoms with Gasteiger partial charge < -0.3 is 15.2 Å². The number of rotatable bonds is 7. The van der Waals surface area contributed by atoms with Crippen LogP contribution in [0.4, 0.5) is 0 Å². The molecule has 2 atom stereocenters. The van der Waals surface area contributed by atoms with E-state index in [2.05, 4.69) is 41.9 Å². The molecule has 1 aromatic heterocycles. The normalized spacial score (nSPS) is 15.9. The molecule has 1 aliphatic carbocycles. The average molecular weight is 435 g/mol. The van der Waals surface area contributed by atoms with Crippen molar-refractivity contribution in [1.29, 1.82) is 0 Å². The largest absolute Gasteiger partial charge is 0.486 e. The highest BCUT2D eigenvalue weighted by molar-refractivity contribution is 7.80. The van der Waals surface area contributed by atoms with E-state index in [0.717, 1.165) is 35.4 Å². The summed E-state index contributed by atoms with van der Waals surface area (Å²) in [5.41, 5.74) is 12.0. The molecule has 0 radical (unpaired) electrons. The van der Waals surface area contributed by atoms with Crippen molar-refractivity contribution in [2.75, 3.05) is 7.11 Å². The standard InChI is InChI=1S/C25H26N2O3S/c1-15-18(11-13-25(27-15)29-2)19-4-3-5-21-20(19)10-12-22(21)30-17-8-6-16(7-9-17)23(31)14-24(26)28/h3-9,11,13,22-23,31H,10,12,14H2,1-2H3,(H2,26,28)/t22-,23?/m1/s1. The minimum Gasteiger partial charge on any atom is -0.486 e. The summed E-state index contributed by atoms with van der Waals surface area (Å²) in [6, 6.07) is 18.1. The number of fused-ring (bicyclic) bond motifs is 1. The van der Waals surface area contributed by atoms with Gasteiger partial charge in [0.25, 0.3) is 0 Å². The van der Waals surface area contributed by atoms with E-state index in [4.69, 9.17) is 15.2 Å². The van der Waals surface area contributed by atoms with Crippen LogP contribution in [0.15, 0.2) is 54.6 Å². The van der Waals surface area contributed by atoms with Gasteiger partial charge in [-0.05, 0) is 60.2 Å². The summed E-state index contributed by atoms with van der Waals surface area (Å²) in [4.78, 5) is 15.7. The summed E-state index contributed by atoms with van der Waals surface area (Å²) in [6.45, 7) is 2.01. The number of hydrogen-bond donors (Lipinski definition) is 2. The lowest BCUT2D eigenvalue weighted by Crippen LogP contribution is -2.12. The maximum Gasteiger partial charge on any atom is 0.218 e. The zero-order valence-electron chi connectivity index (χ0n) is 17.7. The van der Waals surface area contributed by atoms with Gasteiger partial charge in [0.1, 0.15) is 11.9 Å². The van der Waals surface area contributed by atoms with Crippen LogP contribution in [0.5, 0.6) is 11.6 Å². The van der Waals surface area contributed by atoms with Crippen LogP contribution < -0.4 is 15.2 Å². The number of ether oxygens (including phenoxy) is 2. The van der Waals surface area contributed by atoms with Crippen molar-refractivity contribution in [3.63, 3.8) is 0 Å². The molecule has 0 saturated heterocycles. The number of benzene rings is 2. The van der Waals surface area contributed by atoms with Gasteiger partial charge in [-0.3, -0.25) is 4.79 Å². The minimum atomic E-state index is -0.360. The molecule has 0 saturated carbocycles. The summed E-state index contributed by atoms with van der Waals surface area (Å²) in [7, 11) is 1.63. The van der Waals surface area contributed by atoms with Crippen molar-refractivity contribution < 1.29 is 14.3 Å². The molecule has 4 rings (SSSR count). The molecule has 160 valence electrons. The van der Waals surface area contributed by atoms with Gasteiger partial charge in [0.15, 0.2) is 0 Å². The highest BCUT2D eigenvalue weighted by Crippen LogP contribution is 2.41. The van der Waals surface area contributed by atoms with Crippen molar-refractivity contribution in [3.8, 4) is 22.8 Å². The quantitative estimate of drug-likeness (QED) is 0.515. The number of pyridine rings is 1. The molecule has 1 unspecified atom stereocenters. The number of nitrogens with two attached hydrogens (primary N) is 1. The first-order chi connectivity index (χ1) is 15.0. The van der Waals surface area contributed by atoms with Crippen molar-refractivity contribution in [1.82, 2.24) is 4.98 Å². The zero-order valence-corrected chi connectivity index (χ0v) is 18.6. The number of nitrogens with zero attached hydrogens (tertiary/aromatic N) is 1. The third-order valence-electron chi connectivity index (χ3n) is 5.71. The number of carbonyl (C=O) groups is 1. The summed E-state index contributed by atoms with van der Waals surface area (Å²) in [6.07, 6.45) is 2.09. The second kappa shape index (κ2) is 9.02. The number of thiol groups is 1. The first-order valence-corrected chi connectivity index (χ1v) is 10.8. The van der Waals surface area contributed by atoms with Crippen LogP contribution in [0.1, 0.15) is 46.6 Å². The average Bonchev–Trinajstić information content (AvgIpc) is 3.17. The molecule has 5 nitrogen and oxygen atoms in total. The summed E-state index contributed by atoms with van der Waals surface area (Å²) in [5, 5.41) is -0.206. The zero-order chi connectivity index (χ0) is 22.0. The van der Waals surface area contributed by atoms with E-state index in [9.17, 15) is 4.79 Å². The second-order valence-electron chi connectivity index (χ2n) is 7.76. The molecular formula is C25H26N2O3S. The monoisotopic (exact) mass is 434 g/mol. The maximum atomic E-state index is 11.1. The molecule has 31 heavy (non-hydrogen) atoms. The molecule has 2 N–H and O–H groups in total. The van der Waals surface area contributed by atoms with Gasteiger partial charge in [-0.2, -0.15) is 12.6 Å². The van der Waals surface area contributed by atoms with Gasteiger partial charge in [0.05, 0.1) is 7.11 Å². The predicted molar refractivity (Wildman–Crippen MR) is 125 cm³/mol. The number of amides is 1. The molecule has 1 heterocycles. The van der Waals surface area contributed by atoms with Gasteiger partial charge in [-0.25, -0.2) is 4.98 Å². The number of primary amides is 1. The first kappa shape index (κ1) is 21.2. The molecule has 0 fully saturated rings. The highest BCUT2D eigenvalue weighted by atomic mass is 32.1. The molecule has 0 bridgehead atoms. The fourth-order valence-corrected chi connectivity index (χ4v) is 4.52. The predicted octanol–water partition coefficient (Wildman–Crippen LogP) is 4.98. The van der Waals surface area contributed by atoms with E-state index in [1.165, 1.54) is 16.7 Å². The Balaban J connectivity index is 1.55. The Labute approximate surface area is 188 Å². The summed E-state index contributed by atoms with van der Waals surface area (Å²) in [5.74, 6) is 1.06. The number of carbonyl (C=O) groups excluding carboxylic acids is 1. The Hall–Kier alpha value is -2.99. The molecule has 0 aliphatic heterocycles. The van der Waals surface area contributed by atoms with Crippen LogP contribution in [-0.4, -0.2) is 18.0 Å². The van der Waals surface area contributed by atoms with Crippen LogP contribution in [0, 0.1) is 6.92 Å². The van der Waals surface area contributed by atoms with Crippen LogP contribution in [0.25, 0.3) is 11.1 Å². The van der Waals surface area contributed by atoms with Gasteiger partial charge in [0.2, 0.25) is 11.8 Å². The molecule has 0 spiro atoms. The van der Waals surface area contributed by atoms with E-state index in [1.807, 2.05) is 37.3 Å². The topological polar surface area (TPSA) is 74.4 Å². The number of methoxy groups -OCH3 is 1. The van der Waals surface area contributed by atoms with Gasteiger partial charge in [-0.15, -0.1) is 0 Å². The lowest BCUT2D eigenvalue weighted by Gasteiger charge is -2.17. The van der Waals surface area contributed by atoms with Gasteiger partial charge in [-0.1, -0.05) is 30.3 Å². The number of hydrogen-bond acceptors (Lipinski definition) is 5. The fourth-order valence-electron chi connectivity index (χ4n) is 4.17. The van der Waals surface area contributed by atoms with Gasteiger partial charge >= 0.3 is 0 Å². The Morgan fingerprint density at radius 3 is 2.61 bits per heavy atom. The summed E-state index contributed by atoms with van der Waals surface area (Å²) < 4.78 is 11.6. The van der Waals surface area contributed by atoms with Crippen molar-refractivity contribution >= 4 is 18.5 Å². The molecule has 6 heteroatoms. The lowest BCUT2D eigenvalue weighted by molar-refractivity contribution is -0.118. The maximum absolute atomic E-state index is 11.1. The molecule has 3 aromatic rings. The number of aromatic nitrogens is 1. The van der Waals surface area contributed by atoms with Gasteiger partial charge in [0, 0.05) is 29.0 Å². The second-order valence-corrected chi connectivity index (χ2v) is 8.38. The van der Waals surface area contributed by atoms with Crippen LogP contribution >= 0.6 is 12.6 Å². The molecular weight excluding hydrogens is 408 g/mol. The highest BCUT2D eigenvalue weighted by Gasteiger charge is 2.27. The van der Waals surface area contributed by atoms with Crippen molar-refractivity contribution in [3.05, 3.63) is 77.0 Å². The third kappa shape index (κ3) is 4.54. The van der Waals surface area contributed by atoms with Crippen LogP contribution in [0.2, 0.25) is 0 Å². The number of aryl methyl sites for hydroxylation is 1. The van der Waals surface area contributed by atoms with E-state index >= 15 is 0 Å². The van der Waals surface area contributed by atoms with E-state index in [0.29, 0.717) is 5.88 Å². The molecule has 2 aromatic carbocycles. The SMILES string of the molecule is COc1ccc(-c2cccc3c2CC[C@H]3Oc2ccc(C(S)CC(N)=O)cc2)c(C)n1. The third-order valence-corrected chi connectivity index (χ3v) is 6.19. The van der Waals surface area contributed by atoms with Crippen LogP contribution in [-0.2, 0) is 11.2 Å². The Kier molecular flexibility index (Phi) is 6.18. The first-order valence-electron chi connectivity index (χ1n) is 10.3. The Morgan fingerprint density at radius 1 is 1.16 bits per heavy atom. The van der Waals surface area contributed by atoms with E-state index < -0.39 is 0 Å². The van der Waals surface area contributed by atoms with Crippen molar-refractivity contribution in [2.24, 2.45) is 5.73 Å². The Morgan fingerprint density at radius 2 is 1.94 bits per heavy atom. The molecule has 1 aliphatic rings. The fraction of sp³-hybridized carbons (Fsp3) is 0.280. The summed E-state index contributed by atoms with van der Waals surface area (Å²) >= 11 is 4.46. The molecule has 1 amide bonds. The van der Waals surface area contributed by atoms with E-state index in [1.54, 1.807) is 7.11 Å². The van der Waals surface area contributed by atoms with E-state index in [-0.39, 0.29) is 23.7 Å². The lowest BCUT2D eigenvalue weighted by atomic mass is 9.96. The smallest absolute Gasteiger partial charge is 0.218 e. The van der Waals surface area contributed by atoms with Crippen molar-refractivity contribution in [2.45, 2.75) is 37.5 Å². The Bertz CT molecular complexity index is 1100. The minimum absolute atomic E-state index is 0.00438.